The number of aryl methyl sites for hydroxylation is 2. The molecule has 0 saturated carbocycles. The van der Waals surface area contributed by atoms with Crippen molar-refractivity contribution in [3.63, 3.8) is 0 Å². The highest BCUT2D eigenvalue weighted by Crippen LogP contribution is 2.14. The molecule has 1 heterocycles. The maximum Gasteiger partial charge on any atom is 0.105 e. The molecular weight excluding hydrogens is 188 g/mol. The van der Waals surface area contributed by atoms with E-state index >= 15 is 0 Å². The van der Waals surface area contributed by atoms with Gasteiger partial charge in [-0.05, 0) is 33.5 Å². The first-order valence-electron chi connectivity index (χ1n) is 5.58. The van der Waals surface area contributed by atoms with Crippen molar-refractivity contribution >= 4 is 0 Å². The summed E-state index contributed by atoms with van der Waals surface area (Å²) in [6.07, 6.45) is 0. The summed E-state index contributed by atoms with van der Waals surface area (Å²) in [7, 11) is 2.14. The van der Waals surface area contributed by atoms with Gasteiger partial charge in [-0.2, -0.15) is 0 Å². The van der Waals surface area contributed by atoms with E-state index < -0.39 is 0 Å². The summed E-state index contributed by atoms with van der Waals surface area (Å²) < 4.78 is 5.50. The number of likely N-dealkylation sites (N-methyl/N-ethyl adjacent to an activating group) is 2. The number of hydrogen-bond acceptors (Lipinski definition) is 3. The Morgan fingerprint density at radius 1 is 1.40 bits per heavy atom. The van der Waals surface area contributed by atoms with Crippen molar-refractivity contribution in [1.29, 1.82) is 0 Å². The molecule has 0 aliphatic rings. The average Bonchev–Trinajstić information content (AvgIpc) is 2.45. The average molecular weight is 210 g/mol. The van der Waals surface area contributed by atoms with Gasteiger partial charge >= 0.3 is 0 Å². The lowest BCUT2D eigenvalue weighted by Gasteiger charge is -2.15. The lowest BCUT2D eigenvalue weighted by Crippen LogP contribution is -2.28. The Balaban J connectivity index is 2.37. The molecule has 3 nitrogen and oxygen atoms in total. The van der Waals surface area contributed by atoms with Crippen LogP contribution in [0.15, 0.2) is 10.5 Å². The van der Waals surface area contributed by atoms with E-state index in [1.807, 2.05) is 13.8 Å². The maximum absolute atomic E-state index is 5.50. The Bertz CT molecular complexity index is 294. The van der Waals surface area contributed by atoms with E-state index in [0.29, 0.717) is 0 Å². The molecule has 0 unspecified atom stereocenters. The molecule has 1 rings (SSSR count). The van der Waals surface area contributed by atoms with Gasteiger partial charge in [0.2, 0.25) is 0 Å². The van der Waals surface area contributed by atoms with Crippen molar-refractivity contribution in [3.8, 4) is 0 Å². The van der Waals surface area contributed by atoms with E-state index in [4.69, 9.17) is 4.42 Å². The van der Waals surface area contributed by atoms with Crippen LogP contribution in [0.4, 0.5) is 0 Å². The first kappa shape index (κ1) is 12.3. The molecule has 3 heteroatoms. The highest BCUT2D eigenvalue weighted by atomic mass is 16.3. The van der Waals surface area contributed by atoms with E-state index in [0.717, 1.165) is 37.7 Å². The number of nitrogens with one attached hydrogen (secondary N) is 1. The fraction of sp³-hybridized carbons (Fsp3) is 0.667. The zero-order valence-corrected chi connectivity index (χ0v) is 10.3. The zero-order chi connectivity index (χ0) is 11.3. The molecule has 0 spiro atoms. The molecule has 0 fully saturated rings. The molecule has 0 aliphatic carbocycles. The quantitative estimate of drug-likeness (QED) is 0.727. The van der Waals surface area contributed by atoms with Gasteiger partial charge in [0.1, 0.15) is 11.5 Å². The van der Waals surface area contributed by atoms with Crippen LogP contribution in [0.1, 0.15) is 24.0 Å². The van der Waals surface area contributed by atoms with Gasteiger partial charge in [0, 0.05) is 25.2 Å². The monoisotopic (exact) mass is 210 g/mol. The maximum atomic E-state index is 5.50. The third kappa shape index (κ3) is 4.06. The molecule has 0 bridgehead atoms. The lowest BCUT2D eigenvalue weighted by molar-refractivity contribution is 0.323. The molecule has 1 N–H and O–H groups in total. The molecule has 0 atom stereocenters. The van der Waals surface area contributed by atoms with Crippen molar-refractivity contribution in [2.45, 2.75) is 27.3 Å². The Morgan fingerprint density at radius 3 is 2.67 bits per heavy atom. The fourth-order valence-corrected chi connectivity index (χ4v) is 1.66. The molecule has 86 valence electrons. The van der Waals surface area contributed by atoms with Gasteiger partial charge in [-0.25, -0.2) is 0 Å². The SMILES string of the molecule is CCNCCN(C)Cc1cc(C)oc1C. The summed E-state index contributed by atoms with van der Waals surface area (Å²) in [6.45, 7) is 10.3. The summed E-state index contributed by atoms with van der Waals surface area (Å²) in [6, 6.07) is 2.12. The molecule has 1 aromatic heterocycles. The zero-order valence-electron chi connectivity index (χ0n) is 10.3. The van der Waals surface area contributed by atoms with Gasteiger partial charge in [0.05, 0.1) is 0 Å². The van der Waals surface area contributed by atoms with Crippen LogP contribution in [0.2, 0.25) is 0 Å². The molecule has 0 radical (unpaired) electrons. The minimum atomic E-state index is 0.967. The van der Waals surface area contributed by atoms with Crippen LogP contribution in [-0.4, -0.2) is 31.6 Å². The minimum absolute atomic E-state index is 0.967. The summed E-state index contributed by atoms with van der Waals surface area (Å²) in [4.78, 5) is 2.31. The van der Waals surface area contributed by atoms with Crippen molar-refractivity contribution in [2.75, 3.05) is 26.7 Å². The lowest BCUT2D eigenvalue weighted by atomic mass is 10.2. The first-order chi connectivity index (χ1) is 7.13. The number of furan rings is 1. The van der Waals surface area contributed by atoms with Gasteiger partial charge in [0.25, 0.3) is 0 Å². The predicted molar refractivity (Wildman–Crippen MR) is 63.1 cm³/mol. The number of hydrogen-bond donors (Lipinski definition) is 1. The Kier molecular flexibility index (Phi) is 4.85. The standard InChI is InChI=1S/C12H22N2O/c1-5-13-6-7-14(4)9-12-8-10(2)15-11(12)3/h8,13H,5-7,9H2,1-4H3. The van der Waals surface area contributed by atoms with E-state index in [1.54, 1.807) is 0 Å². The van der Waals surface area contributed by atoms with Crippen molar-refractivity contribution < 1.29 is 4.42 Å². The molecule has 15 heavy (non-hydrogen) atoms. The van der Waals surface area contributed by atoms with Crippen LogP contribution in [0.3, 0.4) is 0 Å². The summed E-state index contributed by atoms with van der Waals surface area (Å²) >= 11 is 0. The second kappa shape index (κ2) is 5.93. The normalized spacial score (nSPS) is 11.3. The van der Waals surface area contributed by atoms with Gasteiger partial charge < -0.3 is 14.6 Å². The molecular formula is C12H22N2O. The van der Waals surface area contributed by atoms with Gasteiger partial charge in [-0.3, -0.25) is 0 Å². The summed E-state index contributed by atoms with van der Waals surface area (Å²) in [5.74, 6) is 2.05. The molecule has 0 aromatic carbocycles. The van der Waals surface area contributed by atoms with Crippen molar-refractivity contribution in [3.05, 3.63) is 23.2 Å². The smallest absolute Gasteiger partial charge is 0.105 e. The largest absolute Gasteiger partial charge is 0.466 e. The topological polar surface area (TPSA) is 28.4 Å². The van der Waals surface area contributed by atoms with Crippen LogP contribution in [-0.2, 0) is 6.54 Å². The molecule has 0 amide bonds. The molecule has 0 saturated heterocycles. The second-order valence-electron chi connectivity index (χ2n) is 4.03. The van der Waals surface area contributed by atoms with Gasteiger partial charge in [-0.1, -0.05) is 6.92 Å². The van der Waals surface area contributed by atoms with Crippen molar-refractivity contribution in [2.24, 2.45) is 0 Å². The van der Waals surface area contributed by atoms with E-state index in [-0.39, 0.29) is 0 Å². The predicted octanol–water partition coefficient (Wildman–Crippen LogP) is 1.94. The van der Waals surface area contributed by atoms with Gasteiger partial charge in [-0.15, -0.1) is 0 Å². The number of nitrogens with zero attached hydrogens (tertiary/aromatic N) is 1. The Labute approximate surface area is 92.5 Å². The Hall–Kier alpha value is -0.800. The van der Waals surface area contributed by atoms with E-state index in [1.165, 1.54) is 5.56 Å². The minimum Gasteiger partial charge on any atom is -0.466 e. The van der Waals surface area contributed by atoms with Crippen LogP contribution < -0.4 is 5.32 Å². The van der Waals surface area contributed by atoms with Crippen LogP contribution in [0.5, 0.6) is 0 Å². The van der Waals surface area contributed by atoms with Gasteiger partial charge in [0.15, 0.2) is 0 Å². The van der Waals surface area contributed by atoms with Crippen molar-refractivity contribution in [1.82, 2.24) is 10.2 Å². The summed E-state index contributed by atoms with van der Waals surface area (Å²) in [5, 5.41) is 3.32. The van der Waals surface area contributed by atoms with E-state index in [9.17, 15) is 0 Å². The second-order valence-corrected chi connectivity index (χ2v) is 4.03. The first-order valence-corrected chi connectivity index (χ1v) is 5.58. The number of rotatable bonds is 6. The van der Waals surface area contributed by atoms with E-state index in [2.05, 4.69) is 30.3 Å². The third-order valence-corrected chi connectivity index (χ3v) is 2.50. The highest BCUT2D eigenvalue weighted by Gasteiger charge is 2.06. The molecule has 1 aromatic rings. The third-order valence-electron chi connectivity index (χ3n) is 2.50. The van der Waals surface area contributed by atoms with Crippen LogP contribution in [0, 0.1) is 13.8 Å². The summed E-state index contributed by atoms with van der Waals surface area (Å²) in [5.41, 5.74) is 1.30. The molecule has 0 aliphatic heterocycles. The fourth-order valence-electron chi connectivity index (χ4n) is 1.66. The Morgan fingerprint density at radius 2 is 2.13 bits per heavy atom. The van der Waals surface area contributed by atoms with Crippen LogP contribution >= 0.6 is 0 Å². The van der Waals surface area contributed by atoms with Crippen LogP contribution in [0.25, 0.3) is 0 Å². The highest BCUT2D eigenvalue weighted by molar-refractivity contribution is 5.19.